The van der Waals surface area contributed by atoms with Crippen LogP contribution in [0.2, 0.25) is 5.02 Å². The number of pyridine rings is 1. The third-order valence-corrected chi connectivity index (χ3v) is 4.59. The molecule has 0 radical (unpaired) electrons. The van der Waals surface area contributed by atoms with E-state index in [2.05, 4.69) is 4.98 Å². The van der Waals surface area contributed by atoms with Crippen molar-refractivity contribution in [3.63, 3.8) is 0 Å². The van der Waals surface area contributed by atoms with Crippen molar-refractivity contribution in [1.82, 2.24) is 4.98 Å². The van der Waals surface area contributed by atoms with Gasteiger partial charge in [0, 0.05) is 19.7 Å². The van der Waals surface area contributed by atoms with Crippen LogP contribution in [0.25, 0.3) is 0 Å². The number of carbonyl (C=O) groups is 1. The van der Waals surface area contributed by atoms with Crippen molar-refractivity contribution >= 4 is 33.4 Å². The van der Waals surface area contributed by atoms with E-state index in [1.54, 1.807) is 13.0 Å². The van der Waals surface area contributed by atoms with E-state index in [9.17, 15) is 13.2 Å². The summed E-state index contributed by atoms with van der Waals surface area (Å²) >= 11 is 5.70. The van der Waals surface area contributed by atoms with Crippen molar-refractivity contribution in [3.8, 4) is 0 Å². The van der Waals surface area contributed by atoms with Crippen LogP contribution in [0.4, 0.5) is 5.82 Å². The predicted octanol–water partition coefficient (Wildman–Crippen LogP) is 1.84. The molecule has 0 N–H and O–H groups in total. The minimum Gasteiger partial charge on any atom is -0.466 e. The lowest BCUT2D eigenvalue weighted by molar-refractivity contribution is -0.143. The molecule has 0 amide bonds. The van der Waals surface area contributed by atoms with Gasteiger partial charge in [-0.2, -0.15) is 0 Å². The van der Waals surface area contributed by atoms with Crippen LogP contribution in [-0.4, -0.2) is 38.8 Å². The minimum atomic E-state index is -3.52. The molecule has 0 aliphatic rings. The summed E-state index contributed by atoms with van der Waals surface area (Å²) in [6.07, 6.45) is 1.66. The van der Waals surface area contributed by atoms with Crippen LogP contribution in [0.3, 0.4) is 0 Å². The maximum atomic E-state index is 12.1. The molecule has 1 heterocycles. The van der Waals surface area contributed by atoms with Crippen molar-refractivity contribution in [1.29, 1.82) is 0 Å². The Bertz CT molecular complexity index is 545. The zero-order valence-electron chi connectivity index (χ0n) is 11.4. The lowest BCUT2D eigenvalue weighted by Crippen LogP contribution is -2.30. The molecule has 0 bridgehead atoms. The molecule has 1 rings (SSSR count). The molecule has 0 spiro atoms. The van der Waals surface area contributed by atoms with E-state index >= 15 is 0 Å². The van der Waals surface area contributed by atoms with Crippen molar-refractivity contribution in [2.24, 2.45) is 0 Å². The predicted molar refractivity (Wildman–Crippen MR) is 77.3 cm³/mol. The summed E-state index contributed by atoms with van der Waals surface area (Å²) in [4.78, 5) is 15.1. The zero-order valence-corrected chi connectivity index (χ0v) is 12.9. The average Bonchev–Trinajstić information content (AvgIpc) is 2.39. The summed E-state index contributed by atoms with van der Waals surface area (Å²) in [5.74, 6) is -0.257. The van der Waals surface area contributed by atoms with Crippen LogP contribution in [-0.2, 0) is 19.6 Å². The number of hydrogen-bond acceptors (Lipinski definition) is 5. The molecule has 20 heavy (non-hydrogen) atoms. The Morgan fingerprint density at radius 1 is 1.45 bits per heavy atom. The molecular formula is C12H17ClN2O4S. The van der Waals surface area contributed by atoms with Gasteiger partial charge in [0.05, 0.1) is 17.4 Å². The van der Waals surface area contributed by atoms with Gasteiger partial charge in [-0.15, -0.1) is 0 Å². The minimum absolute atomic E-state index is 0.0783. The Kier molecular flexibility index (Phi) is 6.22. The fourth-order valence-corrected chi connectivity index (χ4v) is 2.75. The number of carbonyl (C=O) groups excluding carboxylic acids is 1. The SMILES string of the molecule is CCOC(=O)CCCS(=O)(=O)N(C)c1ccc(Cl)cn1. The largest absolute Gasteiger partial charge is 0.466 e. The van der Waals surface area contributed by atoms with Crippen LogP contribution in [0.15, 0.2) is 18.3 Å². The van der Waals surface area contributed by atoms with Crippen LogP contribution in [0, 0.1) is 0 Å². The number of hydrogen-bond donors (Lipinski definition) is 0. The molecule has 0 unspecified atom stereocenters. The Balaban J connectivity index is 2.59. The smallest absolute Gasteiger partial charge is 0.305 e. The van der Waals surface area contributed by atoms with Crippen LogP contribution in [0.1, 0.15) is 19.8 Å². The fourth-order valence-electron chi connectivity index (χ4n) is 1.47. The van der Waals surface area contributed by atoms with E-state index in [1.807, 2.05) is 0 Å². The Morgan fingerprint density at radius 3 is 2.70 bits per heavy atom. The Labute approximate surface area is 123 Å². The number of rotatable bonds is 7. The van der Waals surface area contributed by atoms with E-state index < -0.39 is 16.0 Å². The fraction of sp³-hybridized carbons (Fsp3) is 0.500. The second-order valence-corrected chi connectivity index (χ2v) is 6.58. The molecular weight excluding hydrogens is 304 g/mol. The molecule has 1 aromatic heterocycles. The Morgan fingerprint density at radius 2 is 2.15 bits per heavy atom. The second kappa shape index (κ2) is 7.44. The Hall–Kier alpha value is -1.34. The van der Waals surface area contributed by atoms with Gasteiger partial charge in [-0.1, -0.05) is 11.6 Å². The summed E-state index contributed by atoms with van der Waals surface area (Å²) in [6.45, 7) is 1.99. The molecule has 0 aliphatic carbocycles. The van der Waals surface area contributed by atoms with Crippen molar-refractivity contribution in [3.05, 3.63) is 23.4 Å². The highest BCUT2D eigenvalue weighted by molar-refractivity contribution is 7.92. The molecule has 0 saturated carbocycles. The van der Waals surface area contributed by atoms with E-state index in [-0.39, 0.29) is 24.4 Å². The first kappa shape index (κ1) is 16.7. The summed E-state index contributed by atoms with van der Waals surface area (Å²) in [7, 11) is -2.10. The number of anilines is 1. The highest BCUT2D eigenvalue weighted by atomic mass is 35.5. The number of halogens is 1. The second-order valence-electron chi connectivity index (χ2n) is 4.03. The molecule has 0 saturated heterocycles. The van der Waals surface area contributed by atoms with Gasteiger partial charge in [-0.3, -0.25) is 9.10 Å². The van der Waals surface area contributed by atoms with Crippen LogP contribution >= 0.6 is 11.6 Å². The first-order chi connectivity index (χ1) is 9.36. The zero-order chi connectivity index (χ0) is 15.2. The number of nitrogens with zero attached hydrogens (tertiary/aromatic N) is 2. The molecule has 1 aromatic rings. The molecule has 0 atom stereocenters. The molecule has 8 heteroatoms. The van der Waals surface area contributed by atoms with Gasteiger partial charge >= 0.3 is 5.97 Å². The average molecular weight is 321 g/mol. The van der Waals surface area contributed by atoms with Gasteiger partial charge in [0.15, 0.2) is 0 Å². The quantitative estimate of drug-likeness (QED) is 0.716. The number of aromatic nitrogens is 1. The summed E-state index contributed by atoms with van der Waals surface area (Å²) in [5.41, 5.74) is 0. The number of ether oxygens (including phenoxy) is 1. The lowest BCUT2D eigenvalue weighted by atomic mass is 10.3. The molecule has 112 valence electrons. The molecule has 0 fully saturated rings. The van der Waals surface area contributed by atoms with Crippen LogP contribution < -0.4 is 4.31 Å². The van der Waals surface area contributed by atoms with E-state index in [0.29, 0.717) is 11.6 Å². The topological polar surface area (TPSA) is 76.6 Å². The first-order valence-electron chi connectivity index (χ1n) is 6.10. The van der Waals surface area contributed by atoms with E-state index in [1.165, 1.54) is 19.3 Å². The normalized spacial score (nSPS) is 11.2. The maximum Gasteiger partial charge on any atom is 0.305 e. The van der Waals surface area contributed by atoms with Gasteiger partial charge in [0.1, 0.15) is 5.82 Å². The highest BCUT2D eigenvalue weighted by Crippen LogP contribution is 2.16. The van der Waals surface area contributed by atoms with Gasteiger partial charge in [-0.25, -0.2) is 13.4 Å². The van der Waals surface area contributed by atoms with E-state index in [4.69, 9.17) is 16.3 Å². The number of sulfonamides is 1. The molecule has 0 aliphatic heterocycles. The monoisotopic (exact) mass is 320 g/mol. The summed E-state index contributed by atoms with van der Waals surface area (Å²) in [5, 5.41) is 0.432. The first-order valence-corrected chi connectivity index (χ1v) is 8.09. The third-order valence-electron chi connectivity index (χ3n) is 2.54. The maximum absolute atomic E-state index is 12.1. The van der Waals surface area contributed by atoms with Crippen LogP contribution in [0.5, 0.6) is 0 Å². The van der Waals surface area contributed by atoms with E-state index in [0.717, 1.165) is 4.31 Å². The van der Waals surface area contributed by atoms with Gasteiger partial charge < -0.3 is 4.74 Å². The third kappa shape index (κ3) is 4.97. The van der Waals surface area contributed by atoms with Crippen molar-refractivity contribution in [2.45, 2.75) is 19.8 Å². The summed E-state index contributed by atoms with van der Waals surface area (Å²) in [6, 6.07) is 3.08. The molecule has 6 nitrogen and oxygen atoms in total. The summed E-state index contributed by atoms with van der Waals surface area (Å²) < 4.78 is 29.9. The standard InChI is InChI=1S/C12H17ClN2O4S/c1-3-19-12(16)5-4-8-20(17,18)15(2)11-7-6-10(13)9-14-11/h6-7,9H,3-5,8H2,1-2H3. The van der Waals surface area contributed by atoms with Crippen molar-refractivity contribution in [2.75, 3.05) is 23.7 Å². The van der Waals surface area contributed by atoms with Gasteiger partial charge in [0.2, 0.25) is 10.0 Å². The highest BCUT2D eigenvalue weighted by Gasteiger charge is 2.19. The van der Waals surface area contributed by atoms with Crippen molar-refractivity contribution < 1.29 is 17.9 Å². The molecule has 0 aromatic carbocycles. The van der Waals surface area contributed by atoms with Gasteiger partial charge in [-0.05, 0) is 25.5 Å². The number of esters is 1. The lowest BCUT2D eigenvalue weighted by Gasteiger charge is -2.18. The van der Waals surface area contributed by atoms with Gasteiger partial charge in [0.25, 0.3) is 0 Å².